The highest BCUT2D eigenvalue weighted by Crippen LogP contribution is 2.59. The van der Waals surface area contributed by atoms with Gasteiger partial charge in [-0.05, 0) is 63.3 Å². The van der Waals surface area contributed by atoms with Crippen LogP contribution in [0.4, 0.5) is 5.69 Å². The first-order valence-corrected chi connectivity index (χ1v) is 12.8. The molecule has 0 radical (unpaired) electrons. The van der Waals surface area contributed by atoms with Crippen LogP contribution in [0.25, 0.3) is 0 Å². The quantitative estimate of drug-likeness (QED) is 0.267. The second kappa shape index (κ2) is 11.0. The second-order valence-corrected chi connectivity index (χ2v) is 9.56. The fourth-order valence-corrected chi connectivity index (χ4v) is 6.11. The van der Waals surface area contributed by atoms with Gasteiger partial charge in [0.2, 0.25) is 5.91 Å². The van der Waals surface area contributed by atoms with Crippen LogP contribution >= 0.6 is 0 Å². The van der Waals surface area contributed by atoms with Gasteiger partial charge in [0.25, 0.3) is 5.91 Å². The molecule has 1 N–H and O–H groups in total. The number of esters is 1. The molecule has 0 aromatic heterocycles. The summed E-state index contributed by atoms with van der Waals surface area (Å²) >= 11 is 0. The smallest absolute Gasteiger partial charge is 0.312 e. The summed E-state index contributed by atoms with van der Waals surface area (Å²) in [7, 11) is 1.58. The number of ether oxygens (including phenoxy) is 3. The molecule has 2 amide bonds. The van der Waals surface area contributed by atoms with Crippen LogP contribution in [0.5, 0.6) is 5.75 Å². The maximum Gasteiger partial charge on any atom is 0.312 e. The van der Waals surface area contributed by atoms with Crippen LogP contribution < -0.4 is 9.64 Å². The summed E-state index contributed by atoms with van der Waals surface area (Å²) in [5, 5.41) is 9.18. The van der Waals surface area contributed by atoms with Crippen LogP contribution in [0.15, 0.2) is 36.9 Å². The highest BCUT2D eigenvalue weighted by Gasteiger charge is 2.75. The number of fused-ring (bicyclic) bond motifs is 1. The van der Waals surface area contributed by atoms with Gasteiger partial charge in [-0.25, -0.2) is 0 Å². The van der Waals surface area contributed by atoms with Gasteiger partial charge in [0.05, 0.1) is 31.7 Å². The van der Waals surface area contributed by atoms with Crippen LogP contribution in [0.3, 0.4) is 0 Å². The van der Waals surface area contributed by atoms with Crippen molar-refractivity contribution in [2.45, 2.75) is 56.8 Å². The largest absolute Gasteiger partial charge is 0.497 e. The number of amides is 2. The van der Waals surface area contributed by atoms with E-state index in [1.165, 1.54) is 0 Å². The normalized spacial score (nSPS) is 28.2. The number of carbonyl (C=O) groups excluding carboxylic acids is 3. The van der Waals surface area contributed by atoms with Gasteiger partial charge < -0.3 is 29.1 Å². The molecule has 1 aromatic carbocycles. The van der Waals surface area contributed by atoms with E-state index in [1.807, 2.05) is 0 Å². The number of aliphatic hydroxyl groups is 1. The number of hydrogen-bond acceptors (Lipinski definition) is 7. The van der Waals surface area contributed by atoms with Gasteiger partial charge in [0.1, 0.15) is 17.4 Å². The highest BCUT2D eigenvalue weighted by atomic mass is 16.6. The average molecular weight is 501 g/mol. The summed E-state index contributed by atoms with van der Waals surface area (Å²) in [6.45, 7) is 6.45. The summed E-state index contributed by atoms with van der Waals surface area (Å²) in [4.78, 5) is 44.2. The van der Waals surface area contributed by atoms with Gasteiger partial charge in [-0.1, -0.05) is 6.08 Å². The van der Waals surface area contributed by atoms with E-state index in [4.69, 9.17) is 14.2 Å². The lowest BCUT2D eigenvalue weighted by Crippen LogP contribution is -2.56. The van der Waals surface area contributed by atoms with Gasteiger partial charge in [-0.15, -0.1) is 6.58 Å². The molecule has 2 unspecified atom stereocenters. The summed E-state index contributed by atoms with van der Waals surface area (Å²) in [5.41, 5.74) is -0.415. The van der Waals surface area contributed by atoms with Crippen molar-refractivity contribution in [3.05, 3.63) is 36.9 Å². The van der Waals surface area contributed by atoms with Crippen molar-refractivity contribution in [3.63, 3.8) is 0 Å². The number of carbonyl (C=O) groups is 3. The van der Waals surface area contributed by atoms with E-state index >= 15 is 0 Å². The molecular weight excluding hydrogens is 464 g/mol. The molecule has 4 rings (SSSR count). The van der Waals surface area contributed by atoms with Crippen molar-refractivity contribution in [3.8, 4) is 5.75 Å². The monoisotopic (exact) mass is 500 g/mol. The topological polar surface area (TPSA) is 106 Å². The summed E-state index contributed by atoms with van der Waals surface area (Å²) in [6, 6.07) is 6.29. The zero-order chi connectivity index (χ0) is 25.9. The lowest BCUT2D eigenvalue weighted by molar-refractivity contribution is -0.154. The van der Waals surface area contributed by atoms with Crippen LogP contribution in [-0.2, 0) is 23.9 Å². The minimum absolute atomic E-state index is 0.0726. The summed E-state index contributed by atoms with van der Waals surface area (Å²) in [6.07, 6.45) is 4.31. The predicted octanol–water partition coefficient (Wildman–Crippen LogP) is 2.31. The molecule has 9 heteroatoms. The van der Waals surface area contributed by atoms with E-state index in [2.05, 4.69) is 6.58 Å². The Balaban J connectivity index is 1.71. The van der Waals surface area contributed by atoms with Gasteiger partial charge in [0.15, 0.2) is 0 Å². The third kappa shape index (κ3) is 4.39. The van der Waals surface area contributed by atoms with Crippen molar-refractivity contribution in [2.75, 3.05) is 38.3 Å². The van der Waals surface area contributed by atoms with Crippen LogP contribution in [0.2, 0.25) is 0 Å². The van der Waals surface area contributed by atoms with Crippen LogP contribution in [0, 0.1) is 11.8 Å². The molecule has 3 fully saturated rings. The SMILES string of the molecule is C=CCN(C(=O)C1N(CCCCCO)C(=O)[C@@H]2[C@H](C(=O)OCC)[C@@H]3CCC12O3)c1ccc(OC)cc1. The number of aliphatic hydroxyl groups excluding tert-OH is 1. The predicted molar refractivity (Wildman–Crippen MR) is 132 cm³/mol. The molecule has 3 aliphatic rings. The zero-order valence-electron chi connectivity index (χ0n) is 21.1. The van der Waals surface area contributed by atoms with Gasteiger partial charge in [-0.2, -0.15) is 0 Å². The number of nitrogens with zero attached hydrogens (tertiary/aromatic N) is 2. The molecule has 0 saturated carbocycles. The Morgan fingerprint density at radius 2 is 2.03 bits per heavy atom. The average Bonchev–Trinajstić information content (AvgIpc) is 3.52. The lowest BCUT2D eigenvalue weighted by atomic mass is 9.70. The van der Waals surface area contributed by atoms with Crippen molar-refractivity contribution in [1.82, 2.24) is 4.90 Å². The van der Waals surface area contributed by atoms with Gasteiger partial charge in [0, 0.05) is 25.4 Å². The van der Waals surface area contributed by atoms with E-state index in [9.17, 15) is 19.5 Å². The molecule has 3 aliphatic heterocycles. The number of hydrogen-bond donors (Lipinski definition) is 1. The van der Waals surface area contributed by atoms with E-state index in [0.717, 1.165) is 6.42 Å². The molecule has 2 bridgehead atoms. The molecule has 0 aliphatic carbocycles. The highest BCUT2D eigenvalue weighted by molar-refractivity contribution is 6.04. The number of unbranched alkanes of at least 4 members (excludes halogenated alkanes) is 2. The first-order valence-electron chi connectivity index (χ1n) is 12.8. The third-order valence-corrected chi connectivity index (χ3v) is 7.61. The van der Waals surface area contributed by atoms with Crippen LogP contribution in [0.1, 0.15) is 39.0 Å². The lowest BCUT2D eigenvalue weighted by Gasteiger charge is -2.36. The number of methoxy groups -OCH3 is 1. The minimum atomic E-state index is -1.07. The van der Waals surface area contributed by atoms with Crippen molar-refractivity contribution >= 4 is 23.5 Å². The summed E-state index contributed by atoms with van der Waals surface area (Å²) in [5.74, 6) is -1.72. The Hall–Kier alpha value is -2.91. The second-order valence-electron chi connectivity index (χ2n) is 9.56. The molecule has 9 nitrogen and oxygen atoms in total. The number of anilines is 1. The fraction of sp³-hybridized carbons (Fsp3) is 0.593. The maximum atomic E-state index is 14.3. The third-order valence-electron chi connectivity index (χ3n) is 7.61. The maximum absolute atomic E-state index is 14.3. The number of benzene rings is 1. The van der Waals surface area contributed by atoms with E-state index in [1.54, 1.807) is 54.2 Å². The Morgan fingerprint density at radius 1 is 1.28 bits per heavy atom. The van der Waals surface area contributed by atoms with Crippen molar-refractivity contribution in [2.24, 2.45) is 11.8 Å². The Kier molecular flexibility index (Phi) is 8.00. The molecular formula is C27H36N2O7. The standard InChI is InChI=1S/C27H36N2O7/c1-4-15-28(18-9-11-19(34-3)12-10-18)25(32)23-27-14-13-20(36-27)21(26(33)35-5-2)22(27)24(31)29(23)16-7-6-8-17-30/h4,9-12,20-23,30H,1,5-8,13-17H2,2-3H3/t20-,21+,22-,23?,27?/m0/s1. The minimum Gasteiger partial charge on any atom is -0.497 e. The van der Waals surface area contributed by atoms with Crippen molar-refractivity contribution in [1.29, 1.82) is 0 Å². The molecule has 1 aromatic rings. The fourth-order valence-electron chi connectivity index (χ4n) is 6.11. The molecule has 3 heterocycles. The van der Waals surface area contributed by atoms with Crippen molar-refractivity contribution < 1.29 is 33.7 Å². The molecule has 3 saturated heterocycles. The zero-order valence-corrected chi connectivity index (χ0v) is 21.1. The van der Waals surface area contributed by atoms with Gasteiger partial charge in [-0.3, -0.25) is 14.4 Å². The molecule has 1 spiro atoms. The molecule has 196 valence electrons. The Labute approximate surface area is 212 Å². The first kappa shape index (κ1) is 26.2. The molecule has 5 atom stereocenters. The Morgan fingerprint density at radius 3 is 2.67 bits per heavy atom. The van der Waals surface area contributed by atoms with E-state index < -0.39 is 35.6 Å². The number of rotatable bonds is 12. The Bertz CT molecular complexity index is 981. The summed E-state index contributed by atoms with van der Waals surface area (Å²) < 4.78 is 17.0. The van der Waals surface area contributed by atoms with Gasteiger partial charge >= 0.3 is 5.97 Å². The number of likely N-dealkylation sites (tertiary alicyclic amines) is 1. The van der Waals surface area contributed by atoms with E-state index in [-0.39, 0.29) is 31.6 Å². The first-order chi connectivity index (χ1) is 17.4. The molecule has 36 heavy (non-hydrogen) atoms. The van der Waals surface area contributed by atoms with Crippen LogP contribution in [-0.4, -0.2) is 79.0 Å². The van der Waals surface area contributed by atoms with E-state index in [0.29, 0.717) is 43.7 Å².